The van der Waals surface area contributed by atoms with Gasteiger partial charge in [0.05, 0.1) is 0 Å². The Morgan fingerprint density at radius 3 is 2.36 bits per heavy atom. The quantitative estimate of drug-likeness (QED) is 0.355. The molecule has 0 spiro atoms. The van der Waals surface area contributed by atoms with Gasteiger partial charge in [0.25, 0.3) is 0 Å². The number of aryl methyl sites for hydroxylation is 2. The van der Waals surface area contributed by atoms with Gasteiger partial charge in [-0.25, -0.2) is 4.68 Å². The number of benzene rings is 3. The van der Waals surface area contributed by atoms with E-state index in [2.05, 4.69) is 29.5 Å². The summed E-state index contributed by atoms with van der Waals surface area (Å²) in [5.41, 5.74) is 3.98. The van der Waals surface area contributed by atoms with Gasteiger partial charge in [0.2, 0.25) is 10.7 Å². The lowest BCUT2D eigenvalue weighted by Crippen LogP contribution is -2.20. The van der Waals surface area contributed by atoms with Crippen LogP contribution in [0.15, 0.2) is 78.9 Å². The van der Waals surface area contributed by atoms with Crippen molar-refractivity contribution in [2.75, 3.05) is 5.32 Å². The van der Waals surface area contributed by atoms with Crippen molar-refractivity contribution in [2.24, 2.45) is 0 Å². The van der Waals surface area contributed by atoms with Crippen LogP contribution in [0.2, 0.25) is 0 Å². The molecule has 0 saturated carbocycles. The van der Waals surface area contributed by atoms with Crippen LogP contribution in [0.5, 0.6) is 5.75 Å². The average molecular weight is 459 g/mol. The smallest absolute Gasteiger partial charge is 0.246 e. The molecule has 4 aromatic rings. The Kier molecular flexibility index (Phi) is 7.00. The number of ether oxygens (including phenoxy) is 1. The first-order valence-electron chi connectivity index (χ1n) is 10.9. The highest BCUT2D eigenvalue weighted by Crippen LogP contribution is 2.17. The summed E-state index contributed by atoms with van der Waals surface area (Å²) < 4.78 is 9.77. The molecule has 1 N–H and O–H groups in total. The molecule has 6 nitrogen and oxygen atoms in total. The number of aromatic nitrogens is 3. The normalized spacial score (nSPS) is 10.7. The lowest BCUT2D eigenvalue weighted by Gasteiger charge is -2.09. The number of hydrogen-bond acceptors (Lipinski definition) is 4. The highest BCUT2D eigenvalue weighted by Gasteiger charge is 2.16. The van der Waals surface area contributed by atoms with E-state index in [9.17, 15) is 4.79 Å². The lowest BCUT2D eigenvalue weighted by molar-refractivity contribution is -0.116. The van der Waals surface area contributed by atoms with Gasteiger partial charge in [0.15, 0.2) is 5.82 Å². The molecule has 1 aromatic heterocycles. The third-order valence-corrected chi connectivity index (χ3v) is 5.64. The Morgan fingerprint density at radius 2 is 1.70 bits per heavy atom. The molecule has 0 saturated heterocycles. The molecule has 0 bridgehead atoms. The number of nitrogens with one attached hydrogen (secondary N) is 1. The number of amides is 1. The van der Waals surface area contributed by atoms with Crippen molar-refractivity contribution in [1.29, 1.82) is 0 Å². The predicted molar refractivity (Wildman–Crippen MR) is 132 cm³/mol. The first kappa shape index (κ1) is 22.5. The van der Waals surface area contributed by atoms with Gasteiger partial charge >= 0.3 is 0 Å². The van der Waals surface area contributed by atoms with Crippen molar-refractivity contribution in [2.45, 2.75) is 33.4 Å². The van der Waals surface area contributed by atoms with Gasteiger partial charge in [0.1, 0.15) is 18.9 Å². The van der Waals surface area contributed by atoms with E-state index in [0.717, 1.165) is 29.1 Å². The molecule has 0 aliphatic heterocycles. The van der Waals surface area contributed by atoms with Crippen molar-refractivity contribution in [3.05, 3.63) is 101 Å². The Balaban J connectivity index is 1.61. The van der Waals surface area contributed by atoms with Crippen molar-refractivity contribution in [3.8, 4) is 11.4 Å². The molecule has 1 amide bonds. The summed E-state index contributed by atoms with van der Waals surface area (Å²) in [7, 11) is 0. The zero-order valence-electron chi connectivity index (χ0n) is 18.7. The van der Waals surface area contributed by atoms with E-state index >= 15 is 0 Å². The van der Waals surface area contributed by atoms with E-state index < -0.39 is 0 Å². The van der Waals surface area contributed by atoms with E-state index in [1.54, 1.807) is 0 Å². The standard InChI is InChI=1S/C26H26N4O2S/c1-3-20-11-15-22(16-12-20)30-24(18-32-23-7-5-4-6-8-23)28-29(26(30)33)17-25(31)27-21-13-9-19(2)10-14-21/h4-16H,3,17-18H2,1-2H3,(H,27,31). The summed E-state index contributed by atoms with van der Waals surface area (Å²) >= 11 is 5.71. The molecule has 0 radical (unpaired) electrons. The van der Waals surface area contributed by atoms with Crippen LogP contribution in [0.3, 0.4) is 0 Å². The summed E-state index contributed by atoms with van der Waals surface area (Å²) in [5, 5.41) is 7.53. The molecule has 168 valence electrons. The molecule has 33 heavy (non-hydrogen) atoms. The monoisotopic (exact) mass is 458 g/mol. The highest BCUT2D eigenvalue weighted by atomic mass is 32.1. The molecule has 0 aliphatic rings. The Hall–Kier alpha value is -3.71. The maximum Gasteiger partial charge on any atom is 0.246 e. The summed E-state index contributed by atoms with van der Waals surface area (Å²) in [6.45, 7) is 4.34. The second-order valence-corrected chi connectivity index (χ2v) is 8.09. The van der Waals surface area contributed by atoms with Crippen LogP contribution in [-0.2, 0) is 24.4 Å². The number of nitrogens with zero attached hydrogens (tertiary/aromatic N) is 3. The molecular formula is C26H26N4O2S. The fourth-order valence-electron chi connectivity index (χ4n) is 3.43. The SMILES string of the molecule is CCc1ccc(-n2c(COc3ccccc3)nn(CC(=O)Nc3ccc(C)cc3)c2=S)cc1. The van der Waals surface area contributed by atoms with E-state index in [1.165, 1.54) is 10.2 Å². The van der Waals surface area contributed by atoms with Crippen LogP contribution < -0.4 is 10.1 Å². The van der Waals surface area contributed by atoms with Crippen LogP contribution in [0.4, 0.5) is 5.69 Å². The van der Waals surface area contributed by atoms with E-state index in [1.807, 2.05) is 78.2 Å². The van der Waals surface area contributed by atoms with E-state index in [4.69, 9.17) is 17.0 Å². The average Bonchev–Trinajstić information content (AvgIpc) is 3.14. The van der Waals surface area contributed by atoms with Gasteiger partial charge in [0, 0.05) is 11.4 Å². The first-order valence-corrected chi connectivity index (χ1v) is 11.3. The van der Waals surface area contributed by atoms with Crippen LogP contribution in [0, 0.1) is 11.7 Å². The zero-order valence-corrected chi connectivity index (χ0v) is 19.5. The molecule has 0 aliphatic carbocycles. The number of carbonyl (C=O) groups excluding carboxylic acids is 1. The summed E-state index contributed by atoms with van der Waals surface area (Å²) in [5.74, 6) is 1.16. The predicted octanol–water partition coefficient (Wildman–Crippen LogP) is 5.49. The molecule has 4 rings (SSSR count). The molecule has 1 heterocycles. The second-order valence-electron chi connectivity index (χ2n) is 7.73. The lowest BCUT2D eigenvalue weighted by atomic mass is 10.1. The van der Waals surface area contributed by atoms with E-state index in [-0.39, 0.29) is 19.1 Å². The van der Waals surface area contributed by atoms with E-state index in [0.29, 0.717) is 10.6 Å². The number of para-hydroxylation sites is 1. The summed E-state index contributed by atoms with van der Waals surface area (Å²) in [4.78, 5) is 12.7. The van der Waals surface area contributed by atoms with Crippen molar-refractivity contribution in [1.82, 2.24) is 14.3 Å². The fourth-order valence-corrected chi connectivity index (χ4v) is 3.74. The first-order chi connectivity index (χ1) is 16.0. The highest BCUT2D eigenvalue weighted by molar-refractivity contribution is 7.71. The minimum Gasteiger partial charge on any atom is -0.486 e. The van der Waals surface area contributed by atoms with Crippen LogP contribution in [-0.4, -0.2) is 20.3 Å². The third-order valence-electron chi connectivity index (χ3n) is 5.25. The van der Waals surface area contributed by atoms with Crippen molar-refractivity contribution < 1.29 is 9.53 Å². The van der Waals surface area contributed by atoms with Gasteiger partial charge < -0.3 is 10.1 Å². The number of hydrogen-bond donors (Lipinski definition) is 1. The zero-order chi connectivity index (χ0) is 23.2. The molecule has 0 unspecified atom stereocenters. The second kappa shape index (κ2) is 10.3. The minimum atomic E-state index is -0.198. The molecule has 0 atom stereocenters. The van der Waals surface area contributed by atoms with Crippen LogP contribution in [0.25, 0.3) is 5.69 Å². The van der Waals surface area contributed by atoms with Crippen LogP contribution >= 0.6 is 12.2 Å². The number of carbonyl (C=O) groups is 1. The van der Waals surface area contributed by atoms with Gasteiger partial charge in [-0.2, -0.15) is 5.10 Å². The molecular weight excluding hydrogens is 432 g/mol. The Morgan fingerprint density at radius 1 is 1.00 bits per heavy atom. The third kappa shape index (κ3) is 5.56. The molecule has 0 fully saturated rings. The largest absolute Gasteiger partial charge is 0.486 e. The van der Waals surface area contributed by atoms with Crippen LogP contribution in [0.1, 0.15) is 23.9 Å². The maximum atomic E-state index is 12.7. The van der Waals surface area contributed by atoms with Gasteiger partial charge in [-0.3, -0.25) is 9.36 Å². The molecule has 7 heteroatoms. The number of anilines is 1. The van der Waals surface area contributed by atoms with Gasteiger partial charge in [-0.05, 0) is 67.5 Å². The van der Waals surface area contributed by atoms with Gasteiger partial charge in [-0.15, -0.1) is 0 Å². The van der Waals surface area contributed by atoms with Gasteiger partial charge in [-0.1, -0.05) is 55.0 Å². The maximum absolute atomic E-state index is 12.7. The summed E-state index contributed by atoms with van der Waals surface area (Å²) in [6.07, 6.45) is 0.952. The van der Waals surface area contributed by atoms with Crippen molar-refractivity contribution >= 4 is 23.8 Å². The number of rotatable bonds is 8. The minimum absolute atomic E-state index is 0.00505. The molecule has 3 aromatic carbocycles. The fraction of sp³-hybridized carbons (Fsp3) is 0.192. The Labute approximate surface area is 198 Å². The Bertz CT molecular complexity index is 1280. The summed E-state index contributed by atoms with van der Waals surface area (Å²) in [6, 6.07) is 25.4. The topological polar surface area (TPSA) is 61.1 Å². The van der Waals surface area contributed by atoms with Crippen molar-refractivity contribution in [3.63, 3.8) is 0 Å².